The Bertz CT molecular complexity index is 772. The maximum absolute atomic E-state index is 12.3. The van der Waals surface area contributed by atoms with E-state index in [1.165, 1.54) is 22.9 Å². The van der Waals surface area contributed by atoms with E-state index < -0.39 is 0 Å². The molecule has 3 aromatic rings. The van der Waals surface area contributed by atoms with Crippen molar-refractivity contribution >= 4 is 33.1 Å². The summed E-state index contributed by atoms with van der Waals surface area (Å²) in [5, 5.41) is 10.2. The Balaban J connectivity index is 2.10. The molecule has 0 bridgehead atoms. The zero-order valence-electron chi connectivity index (χ0n) is 9.75. The maximum atomic E-state index is 12.3. The molecule has 6 nitrogen and oxygen atoms in total. The molecule has 0 radical (unpaired) electrons. The summed E-state index contributed by atoms with van der Waals surface area (Å²) in [5.74, 6) is 0. The van der Waals surface area contributed by atoms with Crippen molar-refractivity contribution in [2.24, 2.45) is 0 Å². The zero-order chi connectivity index (χ0) is 12.7. The number of fused-ring (bicyclic) bond motifs is 1. The van der Waals surface area contributed by atoms with E-state index in [1.807, 2.05) is 13.8 Å². The van der Waals surface area contributed by atoms with Crippen molar-refractivity contribution < 1.29 is 0 Å². The first-order chi connectivity index (χ1) is 8.65. The van der Waals surface area contributed by atoms with Crippen LogP contribution in [0.4, 0.5) is 0 Å². The number of aryl methyl sites for hydroxylation is 2. The Kier molecular flexibility index (Phi) is 2.67. The molecule has 92 valence electrons. The molecule has 0 N–H and O–H groups in total. The zero-order valence-corrected chi connectivity index (χ0v) is 11.4. The third kappa shape index (κ3) is 1.83. The number of aromatic nitrogens is 5. The van der Waals surface area contributed by atoms with E-state index in [1.54, 1.807) is 10.9 Å². The summed E-state index contributed by atoms with van der Waals surface area (Å²) in [6.45, 7) is 4.11. The van der Waals surface area contributed by atoms with E-state index in [2.05, 4.69) is 19.6 Å². The summed E-state index contributed by atoms with van der Waals surface area (Å²) in [5.41, 5.74) is 0.661. The number of hydrogen-bond acceptors (Lipinski definition) is 7. The summed E-state index contributed by atoms with van der Waals surface area (Å²) in [6, 6.07) is 0. The van der Waals surface area contributed by atoms with Gasteiger partial charge in [0.15, 0.2) is 4.83 Å². The molecule has 0 aliphatic carbocycles. The van der Waals surface area contributed by atoms with Gasteiger partial charge in [-0.1, -0.05) is 11.3 Å². The Morgan fingerprint density at radius 1 is 1.33 bits per heavy atom. The normalized spacial score (nSPS) is 11.2. The number of nitrogens with zero attached hydrogens (tertiary/aromatic N) is 5. The number of hydrogen-bond donors (Lipinski definition) is 0. The van der Waals surface area contributed by atoms with Crippen LogP contribution >= 0.6 is 22.9 Å². The van der Waals surface area contributed by atoms with Crippen LogP contribution in [-0.4, -0.2) is 24.1 Å². The van der Waals surface area contributed by atoms with Crippen LogP contribution < -0.4 is 5.56 Å². The minimum absolute atomic E-state index is 0.0703. The molecule has 3 rings (SSSR count). The van der Waals surface area contributed by atoms with E-state index in [4.69, 9.17) is 0 Å². The standard InChI is InChI=1S/C10H9N5OS2/c1-5-8-9(18-14-5)11-4-15(10(8)16)3-7-13-12-6(2)17-7/h4H,3H2,1-2H3. The second kappa shape index (κ2) is 4.21. The van der Waals surface area contributed by atoms with Gasteiger partial charge in [-0.25, -0.2) is 4.98 Å². The molecular weight excluding hydrogens is 270 g/mol. The Hall–Kier alpha value is -1.67. The molecule has 3 heterocycles. The smallest absolute Gasteiger partial charge is 0.264 e. The average molecular weight is 279 g/mol. The van der Waals surface area contributed by atoms with E-state index in [-0.39, 0.29) is 5.56 Å². The van der Waals surface area contributed by atoms with Gasteiger partial charge in [-0.3, -0.25) is 9.36 Å². The summed E-state index contributed by atoms with van der Waals surface area (Å²) < 4.78 is 5.69. The second-order valence-corrected chi connectivity index (χ2v) is 5.86. The van der Waals surface area contributed by atoms with Gasteiger partial charge in [0.1, 0.15) is 10.0 Å². The minimum atomic E-state index is -0.0703. The van der Waals surface area contributed by atoms with Crippen LogP contribution in [0.3, 0.4) is 0 Å². The lowest BCUT2D eigenvalue weighted by atomic mass is 10.3. The minimum Gasteiger partial charge on any atom is -0.292 e. The predicted octanol–water partition coefficient (Wildman–Crippen LogP) is 1.37. The van der Waals surface area contributed by atoms with Crippen LogP contribution in [0.25, 0.3) is 10.2 Å². The molecule has 0 unspecified atom stereocenters. The van der Waals surface area contributed by atoms with Crippen molar-refractivity contribution in [3.05, 3.63) is 32.4 Å². The van der Waals surface area contributed by atoms with Crippen molar-refractivity contribution in [1.29, 1.82) is 0 Å². The van der Waals surface area contributed by atoms with Gasteiger partial charge in [0.25, 0.3) is 5.56 Å². The molecule has 0 aliphatic heterocycles. The average Bonchev–Trinajstić information content (AvgIpc) is 2.90. The molecule has 0 aromatic carbocycles. The van der Waals surface area contributed by atoms with Gasteiger partial charge >= 0.3 is 0 Å². The van der Waals surface area contributed by atoms with Gasteiger partial charge in [-0.15, -0.1) is 10.2 Å². The van der Waals surface area contributed by atoms with Gasteiger partial charge < -0.3 is 0 Å². The second-order valence-electron chi connectivity index (χ2n) is 3.84. The van der Waals surface area contributed by atoms with Crippen molar-refractivity contribution in [1.82, 2.24) is 24.1 Å². The van der Waals surface area contributed by atoms with Crippen LogP contribution in [0.5, 0.6) is 0 Å². The molecule has 0 aliphatic rings. The van der Waals surface area contributed by atoms with Crippen molar-refractivity contribution in [2.75, 3.05) is 0 Å². The molecule has 18 heavy (non-hydrogen) atoms. The first-order valence-corrected chi connectivity index (χ1v) is 6.84. The highest BCUT2D eigenvalue weighted by atomic mass is 32.1. The quantitative estimate of drug-likeness (QED) is 0.708. The van der Waals surface area contributed by atoms with Gasteiger partial charge in [-0.05, 0) is 25.4 Å². The molecule has 0 amide bonds. The monoisotopic (exact) mass is 279 g/mol. The SMILES string of the molecule is Cc1nnc(Cn2cnc3snc(C)c3c2=O)s1. The summed E-state index contributed by atoms with van der Waals surface area (Å²) >= 11 is 2.73. The molecule has 0 spiro atoms. The van der Waals surface area contributed by atoms with Crippen molar-refractivity contribution in [2.45, 2.75) is 20.4 Å². The van der Waals surface area contributed by atoms with E-state index in [9.17, 15) is 4.79 Å². The highest BCUT2D eigenvalue weighted by Gasteiger charge is 2.11. The van der Waals surface area contributed by atoms with E-state index in [0.29, 0.717) is 16.8 Å². The molecule has 3 aromatic heterocycles. The first kappa shape index (κ1) is 11.4. The van der Waals surface area contributed by atoms with Crippen LogP contribution in [0.15, 0.2) is 11.1 Å². The van der Waals surface area contributed by atoms with Crippen LogP contribution in [0.1, 0.15) is 15.7 Å². The molecule has 8 heteroatoms. The molecule has 0 saturated carbocycles. The Morgan fingerprint density at radius 2 is 2.17 bits per heavy atom. The fourth-order valence-corrected chi connectivity index (χ4v) is 3.11. The third-order valence-corrected chi connectivity index (χ3v) is 4.18. The van der Waals surface area contributed by atoms with Crippen LogP contribution in [-0.2, 0) is 6.54 Å². The molecule has 0 saturated heterocycles. The molecule has 0 atom stereocenters. The molecule has 0 fully saturated rings. The topological polar surface area (TPSA) is 73.6 Å². The summed E-state index contributed by atoms with van der Waals surface area (Å²) in [4.78, 5) is 17.2. The van der Waals surface area contributed by atoms with Gasteiger partial charge in [0.2, 0.25) is 0 Å². The van der Waals surface area contributed by atoms with Gasteiger partial charge in [0, 0.05) is 0 Å². The summed E-state index contributed by atoms with van der Waals surface area (Å²) in [6.07, 6.45) is 1.54. The Labute approximate surface area is 110 Å². The highest BCUT2D eigenvalue weighted by Crippen LogP contribution is 2.16. The highest BCUT2D eigenvalue weighted by molar-refractivity contribution is 7.12. The van der Waals surface area contributed by atoms with Gasteiger partial charge in [-0.2, -0.15) is 4.37 Å². The van der Waals surface area contributed by atoms with Crippen LogP contribution in [0, 0.1) is 13.8 Å². The fraction of sp³-hybridized carbons (Fsp3) is 0.300. The van der Waals surface area contributed by atoms with E-state index >= 15 is 0 Å². The largest absolute Gasteiger partial charge is 0.292 e. The predicted molar refractivity (Wildman–Crippen MR) is 70.2 cm³/mol. The lowest BCUT2D eigenvalue weighted by molar-refractivity contribution is 0.734. The first-order valence-electron chi connectivity index (χ1n) is 5.25. The van der Waals surface area contributed by atoms with Gasteiger partial charge in [0.05, 0.1) is 24.0 Å². The lowest BCUT2D eigenvalue weighted by Crippen LogP contribution is -2.21. The third-order valence-electron chi connectivity index (χ3n) is 2.51. The van der Waals surface area contributed by atoms with Crippen molar-refractivity contribution in [3.8, 4) is 0 Å². The number of rotatable bonds is 2. The maximum Gasteiger partial charge on any atom is 0.264 e. The van der Waals surface area contributed by atoms with Crippen LogP contribution in [0.2, 0.25) is 0 Å². The Morgan fingerprint density at radius 3 is 2.89 bits per heavy atom. The summed E-state index contributed by atoms with van der Waals surface area (Å²) in [7, 11) is 0. The van der Waals surface area contributed by atoms with E-state index in [0.717, 1.165) is 15.7 Å². The fourth-order valence-electron chi connectivity index (χ4n) is 1.67. The van der Waals surface area contributed by atoms with Crippen molar-refractivity contribution in [3.63, 3.8) is 0 Å². The lowest BCUT2D eigenvalue weighted by Gasteiger charge is -2.01. The molecular formula is C10H9N5OS2.